The summed E-state index contributed by atoms with van der Waals surface area (Å²) in [5, 5.41) is 9.91. The first-order valence-corrected chi connectivity index (χ1v) is 7.83. The Hall–Kier alpha value is -2.60. The monoisotopic (exact) mass is 325 g/mol. The fourth-order valence-electron chi connectivity index (χ4n) is 2.06. The highest BCUT2D eigenvalue weighted by atomic mass is 32.2. The van der Waals surface area contributed by atoms with E-state index in [-0.39, 0.29) is 11.7 Å². The number of aryl methyl sites for hydroxylation is 1. The van der Waals surface area contributed by atoms with Crippen LogP contribution in [-0.4, -0.2) is 33.1 Å². The van der Waals surface area contributed by atoms with Crippen molar-refractivity contribution in [2.24, 2.45) is 4.99 Å². The van der Waals surface area contributed by atoms with Gasteiger partial charge in [0.05, 0.1) is 4.91 Å². The summed E-state index contributed by atoms with van der Waals surface area (Å²) >= 11 is 1.31. The zero-order valence-electron chi connectivity index (χ0n) is 12.7. The number of nitrogens with zero attached hydrogens (tertiary/aromatic N) is 3. The summed E-state index contributed by atoms with van der Waals surface area (Å²) in [6.07, 6.45) is 1.79. The predicted molar refractivity (Wildman–Crippen MR) is 92.5 cm³/mol. The SMILES string of the molecule is Cc1cccc(/N=C2/S/C(=C\c3ccc(O)cc3)C(=O)N2C)n1. The molecule has 5 nitrogen and oxygen atoms in total. The molecule has 2 aromatic rings. The molecule has 0 radical (unpaired) electrons. The molecule has 1 saturated heterocycles. The van der Waals surface area contributed by atoms with Crippen LogP contribution in [0.3, 0.4) is 0 Å². The van der Waals surface area contributed by atoms with Crippen molar-refractivity contribution in [3.05, 3.63) is 58.6 Å². The molecule has 0 aliphatic carbocycles. The van der Waals surface area contributed by atoms with Gasteiger partial charge in [-0.1, -0.05) is 18.2 Å². The third kappa shape index (κ3) is 3.43. The van der Waals surface area contributed by atoms with Gasteiger partial charge in [0.25, 0.3) is 5.91 Å². The number of carbonyl (C=O) groups is 1. The van der Waals surface area contributed by atoms with E-state index in [9.17, 15) is 9.90 Å². The van der Waals surface area contributed by atoms with Gasteiger partial charge in [-0.3, -0.25) is 9.69 Å². The van der Waals surface area contributed by atoms with Crippen LogP contribution in [0.15, 0.2) is 52.4 Å². The maximum absolute atomic E-state index is 12.3. The molecule has 1 aliphatic rings. The number of likely N-dealkylation sites (N-methyl/N-ethyl adjacent to an activating group) is 1. The van der Waals surface area contributed by atoms with Crippen LogP contribution in [0.4, 0.5) is 5.82 Å². The van der Waals surface area contributed by atoms with Crippen molar-refractivity contribution in [2.75, 3.05) is 7.05 Å². The van der Waals surface area contributed by atoms with Crippen LogP contribution >= 0.6 is 11.8 Å². The van der Waals surface area contributed by atoms with E-state index >= 15 is 0 Å². The van der Waals surface area contributed by atoms with Gasteiger partial charge in [0.1, 0.15) is 5.75 Å². The van der Waals surface area contributed by atoms with E-state index in [0.717, 1.165) is 11.3 Å². The van der Waals surface area contributed by atoms with Crippen LogP contribution in [0.5, 0.6) is 5.75 Å². The third-order valence-corrected chi connectivity index (χ3v) is 4.34. The average Bonchev–Trinajstić information content (AvgIpc) is 2.78. The van der Waals surface area contributed by atoms with Crippen LogP contribution < -0.4 is 0 Å². The standard InChI is InChI=1S/C17H15N3O2S/c1-11-4-3-5-15(18-11)19-17-20(2)16(22)14(23-17)10-12-6-8-13(21)9-7-12/h3-10,21H,1-2H3/b14-10-,19-17+. The van der Waals surface area contributed by atoms with Crippen LogP contribution in [-0.2, 0) is 4.79 Å². The van der Waals surface area contributed by atoms with E-state index in [1.54, 1.807) is 43.5 Å². The number of amides is 1. The number of phenolic OH excluding ortho intramolecular Hbond substituents is 1. The van der Waals surface area contributed by atoms with Crippen LogP contribution in [0.2, 0.25) is 0 Å². The molecule has 0 bridgehead atoms. The number of pyridine rings is 1. The molecule has 2 heterocycles. The highest BCUT2D eigenvalue weighted by Crippen LogP contribution is 2.32. The summed E-state index contributed by atoms with van der Waals surface area (Å²) in [6, 6.07) is 12.3. The maximum atomic E-state index is 12.3. The topological polar surface area (TPSA) is 65.8 Å². The van der Waals surface area contributed by atoms with Gasteiger partial charge in [0.15, 0.2) is 11.0 Å². The zero-order chi connectivity index (χ0) is 16.4. The normalized spacial score (nSPS) is 18.2. The second-order valence-electron chi connectivity index (χ2n) is 5.10. The minimum absolute atomic E-state index is 0.102. The smallest absolute Gasteiger partial charge is 0.266 e. The average molecular weight is 325 g/mol. The number of hydrogen-bond acceptors (Lipinski definition) is 5. The first kappa shape index (κ1) is 15.3. The Morgan fingerprint density at radius 2 is 1.96 bits per heavy atom. The van der Waals surface area contributed by atoms with Crippen molar-refractivity contribution in [1.82, 2.24) is 9.88 Å². The molecule has 0 unspecified atom stereocenters. The molecular weight excluding hydrogens is 310 g/mol. The van der Waals surface area contributed by atoms with Gasteiger partial charge in [-0.05, 0) is 54.6 Å². The molecular formula is C17H15N3O2S. The number of aliphatic imine (C=N–C) groups is 1. The number of rotatable bonds is 2. The first-order valence-electron chi connectivity index (χ1n) is 7.02. The van der Waals surface area contributed by atoms with Gasteiger partial charge in [-0.15, -0.1) is 0 Å². The summed E-state index contributed by atoms with van der Waals surface area (Å²) in [7, 11) is 1.70. The Kier molecular flexibility index (Phi) is 4.16. The Balaban J connectivity index is 1.89. The van der Waals surface area contributed by atoms with Gasteiger partial charge < -0.3 is 5.11 Å². The summed E-state index contributed by atoms with van der Waals surface area (Å²) in [4.78, 5) is 23.2. The minimum Gasteiger partial charge on any atom is -0.508 e. The number of aromatic hydroxyl groups is 1. The Labute approximate surface area is 138 Å². The van der Waals surface area contributed by atoms with Gasteiger partial charge in [-0.25, -0.2) is 9.98 Å². The molecule has 1 amide bonds. The molecule has 116 valence electrons. The van der Waals surface area contributed by atoms with E-state index in [2.05, 4.69) is 9.98 Å². The van der Waals surface area contributed by atoms with E-state index in [0.29, 0.717) is 15.9 Å². The number of thioether (sulfide) groups is 1. The van der Waals surface area contributed by atoms with Crippen LogP contribution in [0.25, 0.3) is 6.08 Å². The van der Waals surface area contributed by atoms with Crippen molar-refractivity contribution in [2.45, 2.75) is 6.92 Å². The van der Waals surface area contributed by atoms with Crippen LogP contribution in [0.1, 0.15) is 11.3 Å². The lowest BCUT2D eigenvalue weighted by Crippen LogP contribution is -2.23. The molecule has 0 spiro atoms. The van der Waals surface area contributed by atoms with Crippen molar-refractivity contribution in [3.8, 4) is 5.75 Å². The number of phenols is 1. The second kappa shape index (κ2) is 6.26. The summed E-state index contributed by atoms with van der Waals surface area (Å²) in [6.45, 7) is 1.90. The summed E-state index contributed by atoms with van der Waals surface area (Å²) < 4.78 is 0. The number of aromatic nitrogens is 1. The molecule has 1 fully saturated rings. The summed E-state index contributed by atoms with van der Waals surface area (Å²) in [5.41, 5.74) is 1.73. The molecule has 0 atom stereocenters. The molecule has 3 rings (SSSR count). The summed E-state index contributed by atoms with van der Waals surface area (Å²) in [5.74, 6) is 0.676. The quantitative estimate of drug-likeness (QED) is 0.860. The third-order valence-electron chi connectivity index (χ3n) is 3.28. The van der Waals surface area contributed by atoms with Gasteiger partial charge in [0, 0.05) is 12.7 Å². The van der Waals surface area contributed by atoms with Gasteiger partial charge in [0.2, 0.25) is 0 Å². The molecule has 0 saturated carbocycles. The lowest BCUT2D eigenvalue weighted by molar-refractivity contribution is -0.121. The Morgan fingerprint density at radius 1 is 1.22 bits per heavy atom. The predicted octanol–water partition coefficient (Wildman–Crippen LogP) is 3.33. The van der Waals surface area contributed by atoms with Crippen LogP contribution in [0, 0.1) is 6.92 Å². The maximum Gasteiger partial charge on any atom is 0.266 e. The lowest BCUT2D eigenvalue weighted by Gasteiger charge is -2.06. The minimum atomic E-state index is -0.102. The fourth-order valence-corrected chi connectivity index (χ4v) is 3.04. The van der Waals surface area contributed by atoms with Crippen molar-refractivity contribution in [1.29, 1.82) is 0 Å². The molecule has 1 aliphatic heterocycles. The van der Waals surface area contributed by atoms with E-state index in [1.807, 2.05) is 19.1 Å². The first-order chi connectivity index (χ1) is 11.0. The van der Waals surface area contributed by atoms with E-state index in [1.165, 1.54) is 16.7 Å². The second-order valence-corrected chi connectivity index (χ2v) is 6.11. The molecule has 1 aromatic heterocycles. The number of benzene rings is 1. The zero-order valence-corrected chi connectivity index (χ0v) is 13.5. The highest BCUT2D eigenvalue weighted by Gasteiger charge is 2.30. The van der Waals surface area contributed by atoms with Crippen molar-refractivity contribution < 1.29 is 9.90 Å². The fraction of sp³-hybridized carbons (Fsp3) is 0.118. The van der Waals surface area contributed by atoms with Gasteiger partial charge in [-0.2, -0.15) is 0 Å². The Morgan fingerprint density at radius 3 is 2.65 bits per heavy atom. The van der Waals surface area contributed by atoms with Gasteiger partial charge >= 0.3 is 0 Å². The van der Waals surface area contributed by atoms with E-state index < -0.39 is 0 Å². The van der Waals surface area contributed by atoms with Crippen molar-refractivity contribution >= 4 is 34.7 Å². The number of hydrogen-bond donors (Lipinski definition) is 1. The van der Waals surface area contributed by atoms with E-state index in [4.69, 9.17) is 0 Å². The lowest BCUT2D eigenvalue weighted by atomic mass is 10.2. The number of carbonyl (C=O) groups excluding carboxylic acids is 1. The van der Waals surface area contributed by atoms with Crippen molar-refractivity contribution in [3.63, 3.8) is 0 Å². The largest absolute Gasteiger partial charge is 0.508 e. The number of amidine groups is 1. The Bertz CT molecular complexity index is 813. The molecule has 6 heteroatoms. The molecule has 1 aromatic carbocycles. The highest BCUT2D eigenvalue weighted by molar-refractivity contribution is 8.18. The molecule has 23 heavy (non-hydrogen) atoms. The molecule has 1 N–H and O–H groups in total.